The number of nitrogens with zero attached hydrogens (tertiary/aromatic N) is 1. The number of halogens is 1. The molecule has 0 bridgehead atoms. The van der Waals surface area contributed by atoms with Crippen LogP contribution in [0, 0.1) is 0 Å². The number of ether oxygens (including phenoxy) is 1. The molecule has 19 heavy (non-hydrogen) atoms. The lowest BCUT2D eigenvalue weighted by Crippen LogP contribution is -1.98. The molecular weight excluding hydrogens is 302 g/mol. The van der Waals surface area contributed by atoms with Crippen molar-refractivity contribution in [1.82, 2.24) is 4.98 Å². The number of pyridine rings is 1. The van der Waals surface area contributed by atoms with Gasteiger partial charge in [0, 0.05) is 17.1 Å². The van der Waals surface area contributed by atoms with E-state index in [9.17, 15) is 0 Å². The second kappa shape index (κ2) is 6.71. The molecule has 1 aromatic carbocycles. The fraction of sp³-hybridized carbons (Fsp3) is 0.312. The minimum atomic E-state index is 0.479. The quantitative estimate of drug-likeness (QED) is 0.699. The second-order valence-electron chi connectivity index (χ2n) is 4.55. The van der Waals surface area contributed by atoms with Crippen molar-refractivity contribution in [1.29, 1.82) is 0 Å². The molecule has 0 saturated carbocycles. The summed E-state index contributed by atoms with van der Waals surface area (Å²) in [6.45, 7) is 4.40. The zero-order valence-corrected chi connectivity index (χ0v) is 12.9. The number of benzene rings is 1. The minimum absolute atomic E-state index is 0.479. The molecule has 0 spiro atoms. The molecule has 0 saturated heterocycles. The van der Waals surface area contributed by atoms with E-state index in [1.807, 2.05) is 24.3 Å². The summed E-state index contributed by atoms with van der Waals surface area (Å²) in [4.78, 5) is 4.32. The maximum absolute atomic E-state index is 6.01. The maximum Gasteiger partial charge on any atom is 0.223 e. The fourth-order valence-electron chi connectivity index (χ4n) is 1.92. The maximum atomic E-state index is 6.01. The largest absolute Gasteiger partial charge is 0.438 e. The van der Waals surface area contributed by atoms with Crippen LogP contribution in [0.1, 0.15) is 37.3 Å². The number of hydrogen-bond donors (Lipinski definition) is 0. The Bertz CT molecular complexity index is 542. The van der Waals surface area contributed by atoms with Gasteiger partial charge >= 0.3 is 0 Å². The molecule has 1 atom stereocenters. The fourth-order valence-corrected chi connectivity index (χ4v) is 2.35. The van der Waals surface area contributed by atoms with Crippen LogP contribution in [0.15, 0.2) is 42.6 Å². The van der Waals surface area contributed by atoms with Crippen molar-refractivity contribution in [3.8, 4) is 11.6 Å². The highest BCUT2D eigenvalue weighted by Crippen LogP contribution is 2.32. The Kier molecular flexibility index (Phi) is 4.97. The van der Waals surface area contributed by atoms with Crippen molar-refractivity contribution >= 4 is 15.9 Å². The number of aromatic nitrogens is 1. The Balaban J connectivity index is 2.33. The summed E-state index contributed by atoms with van der Waals surface area (Å²) in [6, 6.07) is 12.1. The molecule has 2 nitrogen and oxygen atoms in total. The highest BCUT2D eigenvalue weighted by molar-refractivity contribution is 9.08. The van der Waals surface area contributed by atoms with Gasteiger partial charge in [-0.2, -0.15) is 0 Å². The van der Waals surface area contributed by atoms with E-state index >= 15 is 0 Å². The Labute approximate surface area is 123 Å². The summed E-state index contributed by atoms with van der Waals surface area (Å²) >= 11 is 3.46. The van der Waals surface area contributed by atoms with Crippen molar-refractivity contribution in [2.24, 2.45) is 0 Å². The highest BCUT2D eigenvalue weighted by atomic mass is 79.9. The van der Waals surface area contributed by atoms with Gasteiger partial charge in [0.1, 0.15) is 5.75 Å². The third-order valence-corrected chi connectivity index (χ3v) is 3.87. The molecule has 0 aliphatic carbocycles. The normalized spacial score (nSPS) is 12.2. The average Bonchev–Trinajstić information content (AvgIpc) is 2.47. The van der Waals surface area contributed by atoms with Crippen LogP contribution in [-0.2, 0) is 5.33 Å². The lowest BCUT2D eigenvalue weighted by Gasteiger charge is -2.15. The monoisotopic (exact) mass is 319 g/mol. The molecule has 0 N–H and O–H groups in total. The molecule has 0 aliphatic rings. The first-order valence-electron chi connectivity index (χ1n) is 6.52. The van der Waals surface area contributed by atoms with E-state index in [4.69, 9.17) is 4.74 Å². The molecule has 2 rings (SSSR count). The van der Waals surface area contributed by atoms with Gasteiger partial charge in [-0.25, -0.2) is 4.98 Å². The predicted octanol–water partition coefficient (Wildman–Crippen LogP) is 5.28. The number of rotatable bonds is 5. The van der Waals surface area contributed by atoms with Gasteiger partial charge in [0.25, 0.3) is 0 Å². The molecule has 0 aliphatic heterocycles. The van der Waals surface area contributed by atoms with E-state index < -0.39 is 0 Å². The number of hydrogen-bond acceptors (Lipinski definition) is 2. The van der Waals surface area contributed by atoms with Gasteiger partial charge < -0.3 is 4.74 Å². The first-order valence-corrected chi connectivity index (χ1v) is 7.65. The van der Waals surface area contributed by atoms with Gasteiger partial charge in [-0.3, -0.25) is 0 Å². The third kappa shape index (κ3) is 3.35. The standard InChI is InChI=1S/C16H18BrNO/c1-3-12(2)14-8-4-5-9-15(14)19-16-13(11-17)7-6-10-18-16/h4-10,12H,3,11H2,1-2H3. The summed E-state index contributed by atoms with van der Waals surface area (Å²) < 4.78 is 6.01. The van der Waals surface area contributed by atoms with Gasteiger partial charge in [-0.15, -0.1) is 0 Å². The molecule has 2 aromatic rings. The number of alkyl halides is 1. The summed E-state index contributed by atoms with van der Waals surface area (Å²) in [5.74, 6) is 2.06. The summed E-state index contributed by atoms with van der Waals surface area (Å²) in [5.41, 5.74) is 2.29. The van der Waals surface area contributed by atoms with Crippen LogP contribution in [0.2, 0.25) is 0 Å². The van der Waals surface area contributed by atoms with Gasteiger partial charge in [0.15, 0.2) is 0 Å². The molecule has 0 amide bonds. The highest BCUT2D eigenvalue weighted by Gasteiger charge is 2.12. The molecule has 1 unspecified atom stereocenters. The number of para-hydroxylation sites is 1. The Hall–Kier alpha value is -1.35. The second-order valence-corrected chi connectivity index (χ2v) is 5.11. The Morgan fingerprint density at radius 1 is 1.21 bits per heavy atom. The topological polar surface area (TPSA) is 22.1 Å². The molecule has 100 valence electrons. The van der Waals surface area contributed by atoms with Gasteiger partial charge in [-0.1, -0.05) is 54.0 Å². The first kappa shape index (κ1) is 14.1. The zero-order chi connectivity index (χ0) is 13.7. The Morgan fingerprint density at radius 3 is 2.74 bits per heavy atom. The summed E-state index contributed by atoms with van der Waals surface area (Å²) in [6.07, 6.45) is 2.85. The lowest BCUT2D eigenvalue weighted by molar-refractivity contribution is 0.448. The van der Waals surface area contributed by atoms with E-state index in [2.05, 4.69) is 46.9 Å². The smallest absolute Gasteiger partial charge is 0.223 e. The van der Waals surface area contributed by atoms with E-state index in [1.165, 1.54) is 5.56 Å². The van der Waals surface area contributed by atoms with Gasteiger partial charge in [0.2, 0.25) is 5.88 Å². The van der Waals surface area contributed by atoms with Crippen LogP contribution in [-0.4, -0.2) is 4.98 Å². The molecule has 1 heterocycles. The average molecular weight is 320 g/mol. The van der Waals surface area contributed by atoms with Crippen LogP contribution < -0.4 is 4.74 Å². The van der Waals surface area contributed by atoms with E-state index in [0.29, 0.717) is 11.8 Å². The van der Waals surface area contributed by atoms with Crippen LogP contribution in [0.25, 0.3) is 0 Å². The van der Waals surface area contributed by atoms with Crippen molar-refractivity contribution < 1.29 is 4.74 Å². The van der Waals surface area contributed by atoms with Crippen LogP contribution in [0.3, 0.4) is 0 Å². The molecule has 1 aromatic heterocycles. The Morgan fingerprint density at radius 2 is 2.00 bits per heavy atom. The summed E-state index contributed by atoms with van der Waals surface area (Å²) in [5, 5.41) is 0.738. The van der Waals surface area contributed by atoms with Crippen molar-refractivity contribution in [3.63, 3.8) is 0 Å². The van der Waals surface area contributed by atoms with Crippen LogP contribution >= 0.6 is 15.9 Å². The van der Waals surface area contributed by atoms with Crippen molar-refractivity contribution in [2.45, 2.75) is 31.5 Å². The van der Waals surface area contributed by atoms with E-state index in [1.54, 1.807) is 6.20 Å². The molecule has 0 radical (unpaired) electrons. The molecule has 3 heteroatoms. The lowest BCUT2D eigenvalue weighted by atomic mass is 9.98. The van der Waals surface area contributed by atoms with Crippen LogP contribution in [0.5, 0.6) is 11.6 Å². The SMILES string of the molecule is CCC(C)c1ccccc1Oc1ncccc1CBr. The van der Waals surface area contributed by atoms with Crippen LogP contribution in [0.4, 0.5) is 0 Å². The van der Waals surface area contributed by atoms with Crippen molar-refractivity contribution in [2.75, 3.05) is 0 Å². The third-order valence-electron chi connectivity index (χ3n) is 3.26. The van der Waals surface area contributed by atoms with Crippen molar-refractivity contribution in [3.05, 3.63) is 53.7 Å². The van der Waals surface area contributed by atoms with E-state index in [-0.39, 0.29) is 0 Å². The predicted molar refractivity (Wildman–Crippen MR) is 82.1 cm³/mol. The minimum Gasteiger partial charge on any atom is -0.438 e. The first-order chi connectivity index (χ1) is 9.26. The molecular formula is C16H18BrNO. The zero-order valence-electron chi connectivity index (χ0n) is 11.3. The summed E-state index contributed by atoms with van der Waals surface area (Å²) in [7, 11) is 0. The van der Waals surface area contributed by atoms with Gasteiger partial charge in [0.05, 0.1) is 0 Å². The van der Waals surface area contributed by atoms with E-state index in [0.717, 1.165) is 23.1 Å². The van der Waals surface area contributed by atoms with Gasteiger partial charge in [-0.05, 0) is 30.0 Å². The molecule has 0 fully saturated rings.